The Morgan fingerprint density at radius 3 is 2.71 bits per heavy atom. The second-order valence-corrected chi connectivity index (χ2v) is 9.13. The van der Waals surface area contributed by atoms with Crippen LogP contribution in [0.5, 0.6) is 5.75 Å². The van der Waals surface area contributed by atoms with Gasteiger partial charge in [-0.3, -0.25) is 0 Å². The Morgan fingerprint density at radius 1 is 1.07 bits per heavy atom. The summed E-state index contributed by atoms with van der Waals surface area (Å²) < 4.78 is 12.0. The average molecular weight is 379 g/mol. The van der Waals surface area contributed by atoms with Crippen molar-refractivity contribution in [3.63, 3.8) is 0 Å². The number of hydrogen-bond acceptors (Lipinski definition) is 3. The van der Waals surface area contributed by atoms with Crippen LogP contribution >= 0.6 is 0 Å². The molecule has 3 heteroatoms. The molecule has 3 unspecified atom stereocenters. The SMILES string of the molecule is Cc1ccc(C2CC(O)CC(C)O2)cc1Cc1ccc2c(c1)C1(CCO2)CC1. The quantitative estimate of drug-likeness (QED) is 0.817. The van der Waals surface area contributed by atoms with Gasteiger partial charge < -0.3 is 14.6 Å². The summed E-state index contributed by atoms with van der Waals surface area (Å²) in [5.41, 5.74) is 7.03. The molecule has 0 amide bonds. The molecule has 2 fully saturated rings. The second kappa shape index (κ2) is 6.89. The summed E-state index contributed by atoms with van der Waals surface area (Å²) in [6.45, 7) is 5.09. The first kappa shape index (κ1) is 18.2. The van der Waals surface area contributed by atoms with Crippen LogP contribution in [0, 0.1) is 6.92 Å². The van der Waals surface area contributed by atoms with Gasteiger partial charge >= 0.3 is 0 Å². The zero-order valence-electron chi connectivity index (χ0n) is 16.9. The van der Waals surface area contributed by atoms with Gasteiger partial charge in [0.2, 0.25) is 0 Å². The van der Waals surface area contributed by atoms with Crippen LogP contribution in [0.25, 0.3) is 0 Å². The van der Waals surface area contributed by atoms with E-state index in [1.165, 1.54) is 40.7 Å². The summed E-state index contributed by atoms with van der Waals surface area (Å²) >= 11 is 0. The number of aliphatic hydroxyl groups is 1. The average Bonchev–Trinajstić information content (AvgIpc) is 3.44. The van der Waals surface area contributed by atoms with E-state index < -0.39 is 0 Å². The molecule has 0 aromatic heterocycles. The summed E-state index contributed by atoms with van der Waals surface area (Å²) in [6, 6.07) is 13.4. The minimum Gasteiger partial charge on any atom is -0.493 e. The molecule has 0 bridgehead atoms. The van der Waals surface area contributed by atoms with E-state index in [4.69, 9.17) is 9.47 Å². The van der Waals surface area contributed by atoms with Crippen molar-refractivity contribution < 1.29 is 14.6 Å². The van der Waals surface area contributed by atoms with Crippen molar-refractivity contribution in [3.8, 4) is 5.75 Å². The Labute approximate surface area is 167 Å². The molecule has 1 N–H and O–H groups in total. The lowest BCUT2D eigenvalue weighted by Crippen LogP contribution is -2.29. The van der Waals surface area contributed by atoms with Gasteiger partial charge in [-0.15, -0.1) is 0 Å². The predicted molar refractivity (Wildman–Crippen MR) is 110 cm³/mol. The molecule has 2 aliphatic heterocycles. The largest absolute Gasteiger partial charge is 0.493 e. The van der Waals surface area contributed by atoms with E-state index in [2.05, 4.69) is 43.3 Å². The summed E-state index contributed by atoms with van der Waals surface area (Å²) in [7, 11) is 0. The fraction of sp³-hybridized carbons (Fsp3) is 0.520. The van der Waals surface area contributed by atoms with Crippen LogP contribution in [0.4, 0.5) is 0 Å². The van der Waals surface area contributed by atoms with Gasteiger partial charge in [0.05, 0.1) is 24.9 Å². The van der Waals surface area contributed by atoms with Crippen molar-refractivity contribution >= 4 is 0 Å². The molecule has 2 aromatic rings. The van der Waals surface area contributed by atoms with E-state index in [-0.39, 0.29) is 18.3 Å². The first-order chi connectivity index (χ1) is 13.5. The molecule has 0 radical (unpaired) electrons. The molecule has 28 heavy (non-hydrogen) atoms. The zero-order chi connectivity index (χ0) is 19.3. The van der Waals surface area contributed by atoms with Crippen LogP contribution in [0.2, 0.25) is 0 Å². The van der Waals surface area contributed by atoms with Gasteiger partial charge in [-0.2, -0.15) is 0 Å². The molecule has 3 atom stereocenters. The Bertz CT molecular complexity index is 873. The summed E-state index contributed by atoms with van der Waals surface area (Å²) in [4.78, 5) is 0. The Balaban J connectivity index is 1.41. The van der Waals surface area contributed by atoms with Gasteiger partial charge in [-0.25, -0.2) is 0 Å². The standard InChI is InChI=1S/C25H30O3/c1-16-3-5-19(24-15-21(26)11-17(2)28-24)14-20(16)12-18-4-6-23-22(13-18)25(7-8-25)9-10-27-23/h3-6,13-14,17,21,24,26H,7-12,15H2,1-2H3. The number of aliphatic hydroxyl groups excluding tert-OH is 1. The highest BCUT2D eigenvalue weighted by atomic mass is 16.5. The van der Waals surface area contributed by atoms with Crippen molar-refractivity contribution in [1.82, 2.24) is 0 Å². The highest BCUT2D eigenvalue weighted by Gasteiger charge is 2.47. The van der Waals surface area contributed by atoms with Crippen molar-refractivity contribution in [2.45, 2.75) is 76.1 Å². The summed E-state index contributed by atoms with van der Waals surface area (Å²) in [5.74, 6) is 1.09. The second-order valence-electron chi connectivity index (χ2n) is 9.13. The number of rotatable bonds is 3. The zero-order valence-corrected chi connectivity index (χ0v) is 16.9. The third kappa shape index (κ3) is 3.35. The molecule has 1 saturated heterocycles. The van der Waals surface area contributed by atoms with Gasteiger partial charge in [0.1, 0.15) is 5.75 Å². The smallest absolute Gasteiger partial charge is 0.123 e. The maximum atomic E-state index is 10.1. The molecule has 2 heterocycles. The van der Waals surface area contributed by atoms with Crippen LogP contribution in [-0.2, 0) is 16.6 Å². The number of benzene rings is 2. The molecule has 3 aliphatic rings. The minimum atomic E-state index is -0.270. The molecule has 5 rings (SSSR count). The number of ether oxygens (including phenoxy) is 2. The maximum Gasteiger partial charge on any atom is 0.123 e. The number of fused-ring (bicyclic) bond motifs is 2. The van der Waals surface area contributed by atoms with E-state index in [0.717, 1.165) is 31.6 Å². The fourth-order valence-electron chi connectivity index (χ4n) is 5.02. The van der Waals surface area contributed by atoms with Crippen LogP contribution in [0.15, 0.2) is 36.4 Å². The first-order valence-electron chi connectivity index (χ1n) is 10.7. The molecule has 1 saturated carbocycles. The third-order valence-corrected chi connectivity index (χ3v) is 6.93. The molecular formula is C25H30O3. The van der Waals surface area contributed by atoms with Gasteiger partial charge in [0.25, 0.3) is 0 Å². The lowest BCUT2D eigenvalue weighted by atomic mass is 9.87. The van der Waals surface area contributed by atoms with Gasteiger partial charge in [0, 0.05) is 17.4 Å². The fourth-order valence-corrected chi connectivity index (χ4v) is 5.02. The molecule has 148 valence electrons. The normalized spacial score (nSPS) is 27.9. The van der Waals surface area contributed by atoms with Crippen LogP contribution < -0.4 is 4.74 Å². The molecule has 1 spiro atoms. The highest BCUT2D eigenvalue weighted by molar-refractivity contribution is 5.48. The number of aryl methyl sites for hydroxylation is 1. The van der Waals surface area contributed by atoms with Crippen molar-refractivity contribution in [2.24, 2.45) is 0 Å². The monoisotopic (exact) mass is 378 g/mol. The van der Waals surface area contributed by atoms with Gasteiger partial charge in [-0.05, 0) is 74.3 Å². The van der Waals surface area contributed by atoms with Crippen LogP contribution in [0.3, 0.4) is 0 Å². The third-order valence-electron chi connectivity index (χ3n) is 6.93. The van der Waals surface area contributed by atoms with E-state index in [1.807, 2.05) is 6.92 Å². The maximum absolute atomic E-state index is 10.1. The lowest BCUT2D eigenvalue weighted by Gasteiger charge is -2.32. The highest BCUT2D eigenvalue weighted by Crippen LogP contribution is 2.56. The Kier molecular flexibility index (Phi) is 4.48. The van der Waals surface area contributed by atoms with Gasteiger partial charge in [0.15, 0.2) is 0 Å². The Morgan fingerprint density at radius 2 is 1.93 bits per heavy atom. The van der Waals surface area contributed by atoms with Crippen LogP contribution in [0.1, 0.15) is 72.9 Å². The Hall–Kier alpha value is -1.84. The van der Waals surface area contributed by atoms with E-state index in [1.54, 1.807) is 0 Å². The van der Waals surface area contributed by atoms with E-state index >= 15 is 0 Å². The molecular weight excluding hydrogens is 348 g/mol. The van der Waals surface area contributed by atoms with Crippen LogP contribution in [-0.4, -0.2) is 23.9 Å². The van der Waals surface area contributed by atoms with Crippen molar-refractivity contribution in [3.05, 3.63) is 64.2 Å². The predicted octanol–water partition coefficient (Wildman–Crippen LogP) is 5.00. The molecule has 3 nitrogen and oxygen atoms in total. The first-order valence-corrected chi connectivity index (χ1v) is 10.7. The summed E-state index contributed by atoms with van der Waals surface area (Å²) in [5, 5.41) is 10.1. The molecule has 1 aliphatic carbocycles. The minimum absolute atomic E-state index is 0.00948. The summed E-state index contributed by atoms with van der Waals surface area (Å²) in [6.07, 6.45) is 5.94. The van der Waals surface area contributed by atoms with Crippen molar-refractivity contribution in [2.75, 3.05) is 6.61 Å². The topological polar surface area (TPSA) is 38.7 Å². The lowest BCUT2D eigenvalue weighted by molar-refractivity contribution is -0.0895. The molecule has 2 aromatic carbocycles. The van der Waals surface area contributed by atoms with E-state index in [9.17, 15) is 5.11 Å². The van der Waals surface area contributed by atoms with Gasteiger partial charge in [-0.1, -0.05) is 30.3 Å². The van der Waals surface area contributed by atoms with Crippen molar-refractivity contribution in [1.29, 1.82) is 0 Å². The van der Waals surface area contributed by atoms with E-state index in [0.29, 0.717) is 11.8 Å². The number of hydrogen-bond donors (Lipinski definition) is 1.